The minimum Gasteiger partial charge on any atom is -0.478 e. The first-order valence-electron chi connectivity index (χ1n) is 33.4. The molecule has 21 heteroatoms. The van der Waals surface area contributed by atoms with Crippen LogP contribution in [0.3, 0.4) is 0 Å². The number of carbonyl (C=O) groups is 8. The van der Waals surface area contributed by atoms with Gasteiger partial charge in [-0.25, -0.2) is 4.79 Å². The van der Waals surface area contributed by atoms with Crippen LogP contribution < -0.4 is 5.73 Å². The Hall–Kier alpha value is -8.79. The summed E-state index contributed by atoms with van der Waals surface area (Å²) in [5.74, 6) is -0.905. The summed E-state index contributed by atoms with van der Waals surface area (Å²) in [4.78, 5) is 107. The SMILES string of the molecule is Cc1cc(C)c(C(=O)Cc2cc(C(=O)Cc3cc(C(=O)Cc4cc(C(=O)CCCN5CCOCC5)n(C)c4)n(C)c3)n(C)c2)c(C)c1C.Cc1cc(C)c(C(=O)O)c(C)c1C.Cl.Cn1cc(CC(=O)c2cc(CC(=O)c3cc(N)cn3C)cn2C)cc1C(=O)CCCN1CCOCC1. The van der Waals surface area contributed by atoms with Gasteiger partial charge in [-0.15, -0.1) is 12.4 Å². The number of carboxylic acid groups (broad SMARTS) is 1. The van der Waals surface area contributed by atoms with Crippen LogP contribution in [0.15, 0.2) is 85.7 Å². The number of nitrogens with two attached hydrogens (primary N) is 1. The summed E-state index contributed by atoms with van der Waals surface area (Å²) in [5.41, 5.74) is 23.0. The number of aromatic nitrogens is 6. The highest BCUT2D eigenvalue weighted by molar-refractivity contribution is 6.03. The van der Waals surface area contributed by atoms with Gasteiger partial charge < -0.3 is 47.7 Å². The van der Waals surface area contributed by atoms with Crippen LogP contribution in [0.4, 0.5) is 5.69 Å². The number of ketones is 7. The Balaban J connectivity index is 0.000000237. The number of aromatic carboxylic acids is 1. The van der Waals surface area contributed by atoms with Crippen molar-refractivity contribution in [3.63, 3.8) is 0 Å². The van der Waals surface area contributed by atoms with E-state index in [-0.39, 0.29) is 85.0 Å². The Labute approximate surface area is 582 Å². The minimum absolute atomic E-state index is 0. The summed E-state index contributed by atoms with van der Waals surface area (Å²) in [6, 6.07) is 14.6. The van der Waals surface area contributed by atoms with E-state index in [1.54, 1.807) is 79.0 Å². The Morgan fingerprint density at radius 3 is 0.949 bits per heavy atom. The average Bonchev–Trinajstić information content (AvgIpc) is 0.835. The van der Waals surface area contributed by atoms with Gasteiger partial charge in [-0.3, -0.25) is 43.4 Å². The quantitative estimate of drug-likeness (QED) is 0.0480. The molecule has 20 nitrogen and oxygen atoms in total. The molecule has 0 unspecified atom stereocenters. The van der Waals surface area contributed by atoms with Crippen LogP contribution >= 0.6 is 12.4 Å². The molecule has 2 aliphatic heterocycles. The van der Waals surface area contributed by atoms with Crippen molar-refractivity contribution in [2.75, 3.05) is 71.4 Å². The number of nitrogen functional groups attached to an aromatic ring is 1. The van der Waals surface area contributed by atoms with Crippen LogP contribution in [0.25, 0.3) is 0 Å². The normalized spacial score (nSPS) is 13.3. The predicted molar refractivity (Wildman–Crippen MR) is 384 cm³/mol. The molecule has 524 valence electrons. The second-order valence-electron chi connectivity index (χ2n) is 26.5. The molecule has 8 aromatic rings. The van der Waals surface area contributed by atoms with E-state index in [0.29, 0.717) is 58.3 Å². The molecule has 10 rings (SSSR count). The first-order valence-corrected chi connectivity index (χ1v) is 33.4. The van der Waals surface area contributed by atoms with Crippen molar-refractivity contribution >= 4 is 64.5 Å². The molecule has 6 aromatic heterocycles. The molecule has 2 fully saturated rings. The monoisotopic (exact) mass is 1360 g/mol. The summed E-state index contributed by atoms with van der Waals surface area (Å²) in [6.45, 7) is 24.1. The maximum absolute atomic E-state index is 13.4. The second-order valence-corrected chi connectivity index (χ2v) is 26.5. The Morgan fingerprint density at radius 1 is 0.367 bits per heavy atom. The molecule has 2 aromatic carbocycles. The van der Waals surface area contributed by atoms with Crippen molar-refractivity contribution in [2.45, 2.75) is 113 Å². The first kappa shape index (κ1) is 76.6. The number of anilines is 1. The summed E-state index contributed by atoms with van der Waals surface area (Å²) >= 11 is 0. The zero-order chi connectivity index (χ0) is 70.7. The second kappa shape index (κ2) is 34.1. The smallest absolute Gasteiger partial charge is 0.336 e. The molecule has 0 atom stereocenters. The largest absolute Gasteiger partial charge is 0.478 e. The fourth-order valence-corrected chi connectivity index (χ4v) is 13.4. The number of hydrogen-bond donors (Lipinski definition) is 2. The van der Waals surface area contributed by atoms with E-state index in [4.69, 9.17) is 20.3 Å². The van der Waals surface area contributed by atoms with Crippen LogP contribution in [0.1, 0.15) is 182 Å². The Kier molecular flexibility index (Phi) is 26.7. The van der Waals surface area contributed by atoms with E-state index in [9.17, 15) is 38.4 Å². The third-order valence-electron chi connectivity index (χ3n) is 19.0. The molecular formula is C77H98ClN9O11. The van der Waals surface area contributed by atoms with Crippen LogP contribution in [0.2, 0.25) is 0 Å². The molecule has 0 radical (unpaired) electrons. The van der Waals surface area contributed by atoms with Gasteiger partial charge in [0.2, 0.25) is 0 Å². The third-order valence-corrected chi connectivity index (χ3v) is 19.0. The van der Waals surface area contributed by atoms with Gasteiger partial charge in [0.05, 0.1) is 71.8 Å². The lowest BCUT2D eigenvalue weighted by Crippen LogP contribution is -2.36. The molecule has 0 amide bonds. The zero-order valence-electron chi connectivity index (χ0n) is 59.6. The number of ether oxygens (including phenoxy) is 2. The molecule has 0 aliphatic carbocycles. The van der Waals surface area contributed by atoms with Crippen molar-refractivity contribution in [3.05, 3.63) is 203 Å². The average molecular weight is 1360 g/mol. The number of Topliss-reactive ketones (excluding diaryl/α,β-unsaturated/α-hetero) is 7. The summed E-state index contributed by atoms with van der Waals surface area (Å²) in [6.07, 6.45) is 14.3. The van der Waals surface area contributed by atoms with Gasteiger partial charge in [0.1, 0.15) is 0 Å². The molecule has 98 heavy (non-hydrogen) atoms. The molecular weight excluding hydrogens is 1260 g/mol. The number of morpholine rings is 2. The van der Waals surface area contributed by atoms with E-state index in [1.165, 1.54) is 5.56 Å². The van der Waals surface area contributed by atoms with E-state index in [1.807, 2.05) is 119 Å². The van der Waals surface area contributed by atoms with Crippen LogP contribution in [-0.4, -0.2) is 154 Å². The highest BCUT2D eigenvalue weighted by atomic mass is 35.5. The fraction of sp³-hybridized carbons (Fsp3) is 0.429. The van der Waals surface area contributed by atoms with E-state index in [0.717, 1.165) is 151 Å². The lowest BCUT2D eigenvalue weighted by Gasteiger charge is -2.26. The van der Waals surface area contributed by atoms with Gasteiger partial charge in [0.15, 0.2) is 40.5 Å². The van der Waals surface area contributed by atoms with Gasteiger partial charge in [-0.2, -0.15) is 0 Å². The Morgan fingerprint density at radius 2 is 0.643 bits per heavy atom. The predicted octanol–water partition coefficient (Wildman–Crippen LogP) is 11.0. The van der Waals surface area contributed by atoms with E-state index >= 15 is 0 Å². The summed E-state index contributed by atoms with van der Waals surface area (Å²) < 4.78 is 21.4. The third kappa shape index (κ3) is 19.3. The van der Waals surface area contributed by atoms with Crippen LogP contribution in [-0.2, 0) is 83.9 Å². The molecule has 8 heterocycles. The lowest BCUT2D eigenvalue weighted by molar-refractivity contribution is 0.0370. The lowest BCUT2D eigenvalue weighted by atomic mass is 9.90. The number of hydrogen-bond acceptors (Lipinski definition) is 13. The number of nitrogens with zero attached hydrogens (tertiary/aromatic N) is 8. The van der Waals surface area contributed by atoms with Crippen molar-refractivity contribution in [2.24, 2.45) is 42.3 Å². The topological polar surface area (TPSA) is 237 Å². The number of rotatable bonds is 26. The zero-order valence-corrected chi connectivity index (χ0v) is 60.4. The van der Waals surface area contributed by atoms with E-state index < -0.39 is 5.97 Å². The van der Waals surface area contributed by atoms with Crippen molar-refractivity contribution in [1.29, 1.82) is 0 Å². The maximum atomic E-state index is 13.4. The standard InChI is InChI=1S/C39H48N4O5.C27H35N5O4.C11H14O2.ClH/c1-25-15-26(2)39(28(4)27(25)3)38(47)21-31-18-34(42(7)24-31)37(46)20-30-17-33(41(6)23-30)36(45)19-29-16-32(40(5)22-29)35(44)9-8-10-43-11-13-48-14-12-43;1-29-16-19(11-22(29)25(33)5-4-6-32-7-9-36-10-8-32)13-26(34)23-12-20(17-30(23)2)14-27(35)24-15-21(28)18-31(24)3;1-6-5-7(2)10(11(12)13)9(4)8(6)3;/h15-18,22-24H,8-14,19-21H2,1-7H3;11-12,15-18H,4-10,13-14,28H2,1-3H3;5H,1-4H3,(H,12,13);1H. The number of halogens is 1. The molecule has 2 aliphatic rings. The van der Waals surface area contributed by atoms with Gasteiger partial charge in [-0.05, 0) is 190 Å². The van der Waals surface area contributed by atoms with Crippen molar-refractivity contribution in [1.82, 2.24) is 37.2 Å². The highest BCUT2D eigenvalue weighted by Crippen LogP contribution is 2.26. The van der Waals surface area contributed by atoms with Gasteiger partial charge >= 0.3 is 5.97 Å². The summed E-state index contributed by atoms with van der Waals surface area (Å²) in [5, 5.41) is 8.96. The van der Waals surface area contributed by atoms with Gasteiger partial charge in [-0.1, -0.05) is 12.1 Å². The molecule has 3 N–H and O–H groups in total. The molecule has 0 spiro atoms. The van der Waals surface area contributed by atoms with Crippen molar-refractivity contribution < 1.29 is 52.9 Å². The van der Waals surface area contributed by atoms with Crippen LogP contribution in [0.5, 0.6) is 0 Å². The highest BCUT2D eigenvalue weighted by Gasteiger charge is 2.24. The number of benzene rings is 2. The molecule has 2 saturated heterocycles. The fourth-order valence-electron chi connectivity index (χ4n) is 13.4. The maximum Gasteiger partial charge on any atom is 0.336 e. The number of aryl methyl sites for hydroxylation is 10. The number of carboxylic acids is 1. The first-order chi connectivity index (χ1) is 46.0. The van der Waals surface area contributed by atoms with Crippen LogP contribution in [0, 0.1) is 55.4 Å². The minimum atomic E-state index is -0.835. The summed E-state index contributed by atoms with van der Waals surface area (Å²) in [7, 11) is 10.9. The van der Waals surface area contributed by atoms with Gasteiger partial charge in [0, 0.05) is 156 Å². The molecule has 0 saturated carbocycles. The van der Waals surface area contributed by atoms with Gasteiger partial charge in [0.25, 0.3) is 0 Å². The van der Waals surface area contributed by atoms with E-state index in [2.05, 4.69) is 22.8 Å². The van der Waals surface area contributed by atoms with Crippen molar-refractivity contribution in [3.8, 4) is 0 Å². The Bertz CT molecular complexity index is 4260. The number of carbonyl (C=O) groups excluding carboxylic acids is 7. The molecule has 0 bridgehead atoms.